The molecule has 0 amide bonds. The van der Waals surface area contributed by atoms with Crippen molar-refractivity contribution < 1.29 is 5.11 Å². The second-order valence-electron chi connectivity index (χ2n) is 4.05. The first-order valence-corrected chi connectivity index (χ1v) is 4.98. The lowest BCUT2D eigenvalue weighted by Gasteiger charge is -2.09. The van der Waals surface area contributed by atoms with Gasteiger partial charge in [0.2, 0.25) is 0 Å². The molecule has 0 saturated carbocycles. The molecule has 0 spiro atoms. The van der Waals surface area contributed by atoms with E-state index in [2.05, 4.69) is 23.8 Å². The van der Waals surface area contributed by atoms with Crippen molar-refractivity contribution in [1.82, 2.24) is 9.97 Å². The van der Waals surface area contributed by atoms with E-state index in [-0.39, 0.29) is 6.61 Å². The molecule has 0 unspecified atom stereocenters. The van der Waals surface area contributed by atoms with E-state index < -0.39 is 0 Å². The lowest BCUT2D eigenvalue weighted by Crippen LogP contribution is -2.07. The van der Waals surface area contributed by atoms with Crippen LogP contribution in [0.4, 0.5) is 0 Å². The molecule has 1 aromatic heterocycles. The highest BCUT2D eigenvalue weighted by molar-refractivity contribution is 5.23. The van der Waals surface area contributed by atoms with E-state index in [0.717, 1.165) is 29.2 Å². The van der Waals surface area contributed by atoms with Crippen molar-refractivity contribution in [3.05, 3.63) is 22.8 Å². The Morgan fingerprint density at radius 2 is 1.64 bits per heavy atom. The number of hydrogen-bond acceptors (Lipinski definition) is 3. The van der Waals surface area contributed by atoms with Gasteiger partial charge in [0.1, 0.15) is 5.82 Å². The molecule has 1 N–H and O–H groups in total. The van der Waals surface area contributed by atoms with Crippen molar-refractivity contribution in [2.24, 2.45) is 5.92 Å². The summed E-state index contributed by atoms with van der Waals surface area (Å²) >= 11 is 0. The normalized spacial score (nSPS) is 11.0. The average molecular weight is 194 g/mol. The Hall–Kier alpha value is -0.960. The van der Waals surface area contributed by atoms with Gasteiger partial charge in [-0.25, -0.2) is 9.97 Å². The van der Waals surface area contributed by atoms with Gasteiger partial charge in [0.25, 0.3) is 0 Å². The number of nitrogens with zero attached hydrogens (tertiary/aromatic N) is 2. The summed E-state index contributed by atoms with van der Waals surface area (Å²) in [6.45, 7) is 8.16. The summed E-state index contributed by atoms with van der Waals surface area (Å²) in [6, 6.07) is 0. The summed E-state index contributed by atoms with van der Waals surface area (Å²) in [7, 11) is 0. The van der Waals surface area contributed by atoms with Crippen molar-refractivity contribution >= 4 is 0 Å². The van der Waals surface area contributed by atoms with Gasteiger partial charge in [0.05, 0.1) is 6.61 Å². The van der Waals surface area contributed by atoms with E-state index >= 15 is 0 Å². The van der Waals surface area contributed by atoms with Gasteiger partial charge in [-0.05, 0) is 19.8 Å². The van der Waals surface area contributed by atoms with E-state index in [9.17, 15) is 0 Å². The van der Waals surface area contributed by atoms with Gasteiger partial charge < -0.3 is 5.11 Å². The van der Waals surface area contributed by atoms with Crippen molar-refractivity contribution in [3.8, 4) is 0 Å². The first-order chi connectivity index (χ1) is 6.54. The number of aromatic nitrogens is 2. The molecule has 78 valence electrons. The fourth-order valence-corrected chi connectivity index (χ4v) is 1.49. The summed E-state index contributed by atoms with van der Waals surface area (Å²) in [4.78, 5) is 8.75. The number of aliphatic hydroxyl groups excluding tert-OH is 1. The van der Waals surface area contributed by atoms with E-state index in [4.69, 9.17) is 5.11 Å². The summed E-state index contributed by atoms with van der Waals surface area (Å²) in [5.41, 5.74) is 2.66. The maximum atomic E-state index is 9.09. The minimum absolute atomic E-state index is 0.0274. The predicted octanol–water partition coefficient (Wildman–Crippen LogP) is 1.78. The van der Waals surface area contributed by atoms with Crippen LogP contribution in [0.5, 0.6) is 0 Å². The van der Waals surface area contributed by atoms with Crippen LogP contribution in [0.1, 0.15) is 36.6 Å². The zero-order chi connectivity index (χ0) is 10.7. The Bertz CT molecular complexity index is 298. The van der Waals surface area contributed by atoms with Crippen LogP contribution >= 0.6 is 0 Å². The van der Waals surface area contributed by atoms with Gasteiger partial charge in [0, 0.05) is 23.4 Å². The van der Waals surface area contributed by atoms with Gasteiger partial charge in [-0.1, -0.05) is 13.8 Å². The molecule has 3 nitrogen and oxygen atoms in total. The van der Waals surface area contributed by atoms with Crippen LogP contribution in [0.3, 0.4) is 0 Å². The molecule has 0 aliphatic rings. The lowest BCUT2D eigenvalue weighted by molar-refractivity contribution is 0.278. The van der Waals surface area contributed by atoms with Crippen molar-refractivity contribution in [1.29, 1.82) is 0 Å². The number of rotatable bonds is 3. The SMILES string of the molecule is Cc1nc(CC(C)C)nc(C)c1CO. The highest BCUT2D eigenvalue weighted by Crippen LogP contribution is 2.11. The molecule has 3 heteroatoms. The van der Waals surface area contributed by atoms with E-state index in [1.54, 1.807) is 0 Å². The molecule has 0 aliphatic heterocycles. The highest BCUT2D eigenvalue weighted by atomic mass is 16.3. The second kappa shape index (κ2) is 4.51. The molecule has 0 aliphatic carbocycles. The molecule has 0 saturated heterocycles. The fraction of sp³-hybridized carbons (Fsp3) is 0.636. The van der Waals surface area contributed by atoms with Crippen molar-refractivity contribution in [2.45, 2.75) is 40.7 Å². The molecule has 1 aromatic rings. The summed E-state index contributed by atoms with van der Waals surface area (Å²) < 4.78 is 0. The predicted molar refractivity (Wildman–Crippen MR) is 56.0 cm³/mol. The Balaban J connectivity index is 3.01. The van der Waals surface area contributed by atoms with Crippen LogP contribution in [-0.2, 0) is 13.0 Å². The first kappa shape index (κ1) is 11.1. The molecule has 0 fully saturated rings. The molecule has 1 rings (SSSR count). The molecule has 14 heavy (non-hydrogen) atoms. The van der Waals surface area contributed by atoms with Crippen LogP contribution in [0, 0.1) is 19.8 Å². The average Bonchev–Trinajstić information content (AvgIpc) is 2.01. The summed E-state index contributed by atoms with van der Waals surface area (Å²) in [5.74, 6) is 1.45. The molecule has 0 bridgehead atoms. The van der Waals surface area contributed by atoms with Crippen LogP contribution in [-0.4, -0.2) is 15.1 Å². The third-order valence-electron chi connectivity index (χ3n) is 2.22. The van der Waals surface area contributed by atoms with E-state index in [1.807, 2.05) is 13.8 Å². The molecule has 0 atom stereocenters. The molecule has 1 heterocycles. The van der Waals surface area contributed by atoms with Gasteiger partial charge in [-0.2, -0.15) is 0 Å². The minimum atomic E-state index is 0.0274. The quantitative estimate of drug-likeness (QED) is 0.797. The number of hydrogen-bond donors (Lipinski definition) is 1. The smallest absolute Gasteiger partial charge is 0.129 e. The largest absolute Gasteiger partial charge is 0.392 e. The molecule has 0 radical (unpaired) electrons. The van der Waals surface area contributed by atoms with Crippen molar-refractivity contribution in [2.75, 3.05) is 0 Å². The van der Waals surface area contributed by atoms with Gasteiger partial charge >= 0.3 is 0 Å². The summed E-state index contributed by atoms with van der Waals surface area (Å²) in [6.07, 6.45) is 0.896. The van der Waals surface area contributed by atoms with Crippen LogP contribution < -0.4 is 0 Å². The van der Waals surface area contributed by atoms with Gasteiger partial charge in [0.15, 0.2) is 0 Å². The monoisotopic (exact) mass is 194 g/mol. The standard InChI is InChI=1S/C11H18N2O/c1-7(2)5-11-12-8(3)10(6-14)9(4)13-11/h7,14H,5-6H2,1-4H3. The Kier molecular flexibility index (Phi) is 3.58. The van der Waals surface area contributed by atoms with Crippen LogP contribution in [0.25, 0.3) is 0 Å². The van der Waals surface area contributed by atoms with Gasteiger partial charge in [-0.3, -0.25) is 0 Å². The van der Waals surface area contributed by atoms with Crippen molar-refractivity contribution in [3.63, 3.8) is 0 Å². The Morgan fingerprint density at radius 1 is 1.14 bits per heavy atom. The van der Waals surface area contributed by atoms with E-state index in [0.29, 0.717) is 5.92 Å². The van der Waals surface area contributed by atoms with Gasteiger partial charge in [-0.15, -0.1) is 0 Å². The number of aryl methyl sites for hydroxylation is 2. The topological polar surface area (TPSA) is 46.0 Å². The van der Waals surface area contributed by atoms with Crippen LogP contribution in [0.2, 0.25) is 0 Å². The van der Waals surface area contributed by atoms with E-state index in [1.165, 1.54) is 0 Å². The fourth-order valence-electron chi connectivity index (χ4n) is 1.49. The zero-order valence-electron chi connectivity index (χ0n) is 9.33. The highest BCUT2D eigenvalue weighted by Gasteiger charge is 2.08. The third-order valence-corrected chi connectivity index (χ3v) is 2.22. The second-order valence-corrected chi connectivity index (χ2v) is 4.05. The third kappa shape index (κ3) is 2.51. The lowest BCUT2D eigenvalue weighted by atomic mass is 10.1. The summed E-state index contributed by atoms with van der Waals surface area (Å²) in [5, 5.41) is 9.09. The zero-order valence-corrected chi connectivity index (χ0v) is 9.33. The maximum Gasteiger partial charge on any atom is 0.129 e. The Labute approximate surface area is 85.2 Å². The molecular formula is C11H18N2O. The molecule has 0 aromatic carbocycles. The molecular weight excluding hydrogens is 176 g/mol. The number of aliphatic hydroxyl groups is 1. The minimum Gasteiger partial charge on any atom is -0.392 e. The maximum absolute atomic E-state index is 9.09. The Morgan fingerprint density at radius 3 is 2.00 bits per heavy atom. The first-order valence-electron chi connectivity index (χ1n) is 4.98. The van der Waals surface area contributed by atoms with Crippen LogP contribution in [0.15, 0.2) is 0 Å².